The van der Waals surface area contributed by atoms with Gasteiger partial charge in [0.1, 0.15) is 0 Å². The van der Waals surface area contributed by atoms with Gasteiger partial charge in [-0.3, -0.25) is 9.58 Å². The van der Waals surface area contributed by atoms with Gasteiger partial charge in [-0.2, -0.15) is 5.10 Å². The van der Waals surface area contributed by atoms with Crippen LogP contribution < -0.4 is 0 Å². The maximum Gasteiger partial charge on any atom is 0.0965 e. The van der Waals surface area contributed by atoms with Crippen molar-refractivity contribution in [3.63, 3.8) is 0 Å². The molecule has 118 valence electrons. The van der Waals surface area contributed by atoms with E-state index < -0.39 is 6.10 Å². The Balaban J connectivity index is 1.66. The van der Waals surface area contributed by atoms with E-state index in [-0.39, 0.29) is 6.10 Å². The predicted octanol–water partition coefficient (Wildman–Crippen LogP) is 1.40. The number of morpholine rings is 1. The number of rotatable bonds is 4. The second-order valence-electron chi connectivity index (χ2n) is 6.12. The number of halogens is 1. The molecule has 0 aliphatic carbocycles. The summed E-state index contributed by atoms with van der Waals surface area (Å²) in [6, 6.07) is 0.556. The molecule has 2 fully saturated rings. The van der Waals surface area contributed by atoms with E-state index in [1.54, 1.807) is 4.68 Å². The van der Waals surface area contributed by atoms with Gasteiger partial charge >= 0.3 is 0 Å². The van der Waals surface area contributed by atoms with Gasteiger partial charge in [0.15, 0.2) is 0 Å². The van der Waals surface area contributed by atoms with E-state index in [4.69, 9.17) is 16.3 Å². The van der Waals surface area contributed by atoms with Gasteiger partial charge in [-0.25, -0.2) is 0 Å². The molecule has 0 bridgehead atoms. The molecule has 3 heterocycles. The first kappa shape index (κ1) is 15.3. The number of aryl methyl sites for hydroxylation is 2. The molecule has 2 saturated heterocycles. The van der Waals surface area contributed by atoms with Crippen molar-refractivity contribution in [3.05, 3.63) is 16.4 Å². The van der Waals surface area contributed by atoms with Crippen LogP contribution >= 0.6 is 11.6 Å². The van der Waals surface area contributed by atoms with Crippen LogP contribution in [0.1, 0.15) is 31.2 Å². The number of fused-ring (bicyclic) bond motifs is 1. The molecule has 5 nitrogen and oxygen atoms in total. The smallest absolute Gasteiger partial charge is 0.0965 e. The number of ether oxygens (including phenoxy) is 1. The highest BCUT2D eigenvalue weighted by Gasteiger charge is 2.35. The lowest BCUT2D eigenvalue weighted by molar-refractivity contribution is -0.102. The molecule has 1 aromatic rings. The van der Waals surface area contributed by atoms with Crippen molar-refractivity contribution in [3.8, 4) is 0 Å². The first-order valence-electron chi connectivity index (χ1n) is 7.84. The SMILES string of the molecule is CCc1nn(C)c(CC(O)C2CN3CCCC3CO2)c1Cl. The molecule has 2 aliphatic heterocycles. The number of aliphatic hydroxyl groups is 1. The maximum atomic E-state index is 10.5. The van der Waals surface area contributed by atoms with Crippen molar-refractivity contribution in [2.24, 2.45) is 7.05 Å². The Labute approximate surface area is 130 Å². The minimum Gasteiger partial charge on any atom is -0.390 e. The fourth-order valence-corrected chi connectivity index (χ4v) is 3.82. The third kappa shape index (κ3) is 2.97. The monoisotopic (exact) mass is 313 g/mol. The van der Waals surface area contributed by atoms with Crippen LogP contribution in [-0.4, -0.2) is 57.7 Å². The molecule has 3 rings (SSSR count). The highest BCUT2D eigenvalue weighted by atomic mass is 35.5. The lowest BCUT2D eigenvalue weighted by Gasteiger charge is -2.37. The average molecular weight is 314 g/mol. The molecule has 3 unspecified atom stereocenters. The Bertz CT molecular complexity index is 505. The molecule has 0 spiro atoms. The Hall–Kier alpha value is -0.620. The summed E-state index contributed by atoms with van der Waals surface area (Å²) >= 11 is 6.36. The summed E-state index contributed by atoms with van der Waals surface area (Å²) in [7, 11) is 1.88. The number of aromatic nitrogens is 2. The minimum atomic E-state index is -0.538. The summed E-state index contributed by atoms with van der Waals surface area (Å²) < 4.78 is 7.66. The molecule has 21 heavy (non-hydrogen) atoms. The van der Waals surface area contributed by atoms with Gasteiger partial charge in [-0.05, 0) is 25.8 Å². The molecular weight excluding hydrogens is 290 g/mol. The van der Waals surface area contributed by atoms with Crippen LogP contribution in [-0.2, 0) is 24.6 Å². The number of nitrogens with zero attached hydrogens (tertiary/aromatic N) is 3. The second kappa shape index (κ2) is 6.24. The summed E-state index contributed by atoms with van der Waals surface area (Å²) in [5.41, 5.74) is 1.79. The zero-order valence-electron chi connectivity index (χ0n) is 12.8. The highest BCUT2D eigenvalue weighted by Crippen LogP contribution is 2.27. The maximum absolute atomic E-state index is 10.5. The van der Waals surface area contributed by atoms with Gasteiger partial charge in [-0.15, -0.1) is 0 Å². The Morgan fingerprint density at radius 2 is 2.33 bits per heavy atom. The molecule has 6 heteroatoms. The molecular formula is C15H24ClN3O2. The van der Waals surface area contributed by atoms with Crippen molar-refractivity contribution in [1.29, 1.82) is 0 Å². The molecule has 0 amide bonds. The second-order valence-corrected chi connectivity index (χ2v) is 6.50. The summed E-state index contributed by atoms with van der Waals surface area (Å²) in [6.07, 6.45) is 3.09. The lowest BCUT2D eigenvalue weighted by atomic mass is 10.0. The van der Waals surface area contributed by atoms with E-state index in [0.717, 1.165) is 37.5 Å². The van der Waals surface area contributed by atoms with Gasteiger partial charge in [-0.1, -0.05) is 18.5 Å². The predicted molar refractivity (Wildman–Crippen MR) is 81.6 cm³/mol. The van der Waals surface area contributed by atoms with Crippen LogP contribution in [0.5, 0.6) is 0 Å². The average Bonchev–Trinajstić information content (AvgIpc) is 3.05. The van der Waals surface area contributed by atoms with Gasteiger partial charge in [0.25, 0.3) is 0 Å². The summed E-state index contributed by atoms with van der Waals surface area (Å²) in [5.74, 6) is 0. The first-order valence-corrected chi connectivity index (χ1v) is 8.22. The molecule has 0 aromatic carbocycles. The molecule has 2 aliphatic rings. The Kier molecular flexibility index (Phi) is 4.54. The van der Waals surface area contributed by atoms with Gasteiger partial charge in [0, 0.05) is 26.1 Å². The van der Waals surface area contributed by atoms with Crippen LogP contribution in [0.25, 0.3) is 0 Å². The van der Waals surface area contributed by atoms with Crippen molar-refractivity contribution in [2.75, 3.05) is 19.7 Å². The molecule has 1 N–H and O–H groups in total. The van der Waals surface area contributed by atoms with Crippen molar-refractivity contribution in [2.45, 2.75) is 50.9 Å². The van der Waals surface area contributed by atoms with E-state index in [9.17, 15) is 5.11 Å². The van der Waals surface area contributed by atoms with Crippen LogP contribution in [0.3, 0.4) is 0 Å². The Morgan fingerprint density at radius 3 is 3.05 bits per heavy atom. The van der Waals surface area contributed by atoms with Gasteiger partial charge < -0.3 is 9.84 Å². The minimum absolute atomic E-state index is 0.129. The van der Waals surface area contributed by atoms with E-state index >= 15 is 0 Å². The fraction of sp³-hybridized carbons (Fsp3) is 0.800. The molecule has 0 saturated carbocycles. The third-order valence-corrected chi connectivity index (χ3v) is 5.19. The van der Waals surface area contributed by atoms with Crippen molar-refractivity contribution >= 4 is 11.6 Å². The van der Waals surface area contributed by atoms with Crippen LogP contribution in [0.4, 0.5) is 0 Å². The zero-order valence-corrected chi connectivity index (χ0v) is 13.5. The molecule has 3 atom stereocenters. The highest BCUT2D eigenvalue weighted by molar-refractivity contribution is 6.31. The van der Waals surface area contributed by atoms with Crippen LogP contribution in [0, 0.1) is 0 Å². The van der Waals surface area contributed by atoms with E-state index in [0.29, 0.717) is 17.5 Å². The van der Waals surface area contributed by atoms with Crippen LogP contribution in [0.15, 0.2) is 0 Å². The standard InChI is InChI=1S/C15H24ClN3O2/c1-3-11-15(16)12(18(2)17-11)7-13(20)14-8-19-6-4-5-10(19)9-21-14/h10,13-14,20H,3-9H2,1-2H3. The fourth-order valence-electron chi connectivity index (χ4n) is 3.45. The summed E-state index contributed by atoms with van der Waals surface area (Å²) in [4.78, 5) is 2.44. The van der Waals surface area contributed by atoms with Crippen LogP contribution in [0.2, 0.25) is 5.02 Å². The van der Waals surface area contributed by atoms with Gasteiger partial charge in [0.05, 0.1) is 35.2 Å². The van der Waals surface area contributed by atoms with E-state index in [1.807, 2.05) is 14.0 Å². The quantitative estimate of drug-likeness (QED) is 0.913. The zero-order chi connectivity index (χ0) is 15.0. The van der Waals surface area contributed by atoms with Crippen molar-refractivity contribution in [1.82, 2.24) is 14.7 Å². The largest absolute Gasteiger partial charge is 0.390 e. The summed E-state index contributed by atoms with van der Waals surface area (Å²) in [5, 5.41) is 15.6. The molecule has 1 aromatic heterocycles. The van der Waals surface area contributed by atoms with Gasteiger partial charge in [0.2, 0.25) is 0 Å². The number of hydrogen-bond donors (Lipinski definition) is 1. The topological polar surface area (TPSA) is 50.5 Å². The van der Waals surface area contributed by atoms with Crippen molar-refractivity contribution < 1.29 is 9.84 Å². The van der Waals surface area contributed by atoms with E-state index in [2.05, 4.69) is 10.00 Å². The third-order valence-electron chi connectivity index (χ3n) is 4.75. The Morgan fingerprint density at radius 1 is 1.52 bits per heavy atom. The van der Waals surface area contributed by atoms with E-state index in [1.165, 1.54) is 12.8 Å². The lowest BCUT2D eigenvalue weighted by Crippen LogP contribution is -2.50. The first-order chi connectivity index (χ1) is 10.1. The number of hydrogen-bond acceptors (Lipinski definition) is 4. The number of aliphatic hydroxyl groups excluding tert-OH is 1. The normalized spacial score (nSPS) is 27.8. The molecule has 0 radical (unpaired) electrons. The summed E-state index contributed by atoms with van der Waals surface area (Å²) in [6.45, 7) is 4.72.